The second-order valence-corrected chi connectivity index (χ2v) is 6.74. The lowest BCUT2D eigenvalue weighted by atomic mass is 10.0. The predicted octanol–water partition coefficient (Wildman–Crippen LogP) is 2.99. The van der Waals surface area contributed by atoms with Crippen molar-refractivity contribution < 1.29 is 9.59 Å². The van der Waals surface area contributed by atoms with E-state index in [1.807, 2.05) is 24.3 Å². The molecule has 1 aliphatic heterocycles. The summed E-state index contributed by atoms with van der Waals surface area (Å²) >= 11 is 0. The van der Waals surface area contributed by atoms with Gasteiger partial charge in [0.2, 0.25) is 5.91 Å². The Morgan fingerprint density at radius 1 is 1.19 bits per heavy atom. The standard InChI is InChI=1S/C20H16N4O2/c25-19(15-8-14(15)11-4-2-1-3-5-11)23-13-6-16-18-12(9-21-17(18)7-13)10-22-24-20(16)26/h1-7,9-10,14-15,21H,8H2,(H,23,25)(H,24,26). The fourth-order valence-corrected chi connectivity index (χ4v) is 3.66. The summed E-state index contributed by atoms with van der Waals surface area (Å²) < 4.78 is 0. The predicted molar refractivity (Wildman–Crippen MR) is 99.3 cm³/mol. The molecule has 2 amide bonds. The zero-order valence-electron chi connectivity index (χ0n) is 13.8. The van der Waals surface area contributed by atoms with Crippen molar-refractivity contribution in [2.45, 2.75) is 12.3 Å². The summed E-state index contributed by atoms with van der Waals surface area (Å²) in [6, 6.07) is 13.6. The number of benzene rings is 2. The van der Waals surface area contributed by atoms with E-state index in [0.29, 0.717) is 11.3 Å². The minimum absolute atomic E-state index is 0.0116. The lowest BCUT2D eigenvalue weighted by Gasteiger charge is -2.08. The van der Waals surface area contributed by atoms with Crippen LogP contribution in [-0.4, -0.2) is 23.0 Å². The quantitative estimate of drug-likeness (QED) is 0.682. The van der Waals surface area contributed by atoms with Gasteiger partial charge >= 0.3 is 0 Å². The van der Waals surface area contributed by atoms with E-state index >= 15 is 0 Å². The average Bonchev–Trinajstić information content (AvgIpc) is 3.39. The molecule has 3 aromatic rings. The van der Waals surface area contributed by atoms with Crippen molar-refractivity contribution in [3.8, 4) is 0 Å². The van der Waals surface area contributed by atoms with E-state index < -0.39 is 0 Å². The van der Waals surface area contributed by atoms with E-state index in [4.69, 9.17) is 0 Å². The van der Waals surface area contributed by atoms with Gasteiger partial charge in [0.05, 0.1) is 11.8 Å². The van der Waals surface area contributed by atoms with Crippen molar-refractivity contribution in [3.05, 3.63) is 65.4 Å². The van der Waals surface area contributed by atoms with Crippen LogP contribution >= 0.6 is 0 Å². The third kappa shape index (κ3) is 2.38. The van der Waals surface area contributed by atoms with Gasteiger partial charge in [-0.2, -0.15) is 5.10 Å². The maximum Gasteiger partial charge on any atom is 0.272 e. The van der Waals surface area contributed by atoms with Gasteiger partial charge in [-0.15, -0.1) is 0 Å². The molecule has 0 radical (unpaired) electrons. The summed E-state index contributed by atoms with van der Waals surface area (Å²) in [7, 11) is 0. The average molecular weight is 344 g/mol. The number of carbonyl (C=O) groups excluding carboxylic acids is 2. The van der Waals surface area contributed by atoms with Crippen LogP contribution in [0.4, 0.5) is 5.69 Å². The Morgan fingerprint density at radius 3 is 2.88 bits per heavy atom. The van der Waals surface area contributed by atoms with Crippen molar-refractivity contribution in [1.82, 2.24) is 10.4 Å². The second-order valence-electron chi connectivity index (χ2n) is 6.74. The summed E-state index contributed by atoms with van der Waals surface area (Å²) in [5, 5.41) is 7.68. The first-order valence-electron chi connectivity index (χ1n) is 8.55. The minimum Gasteiger partial charge on any atom is -0.360 e. The number of rotatable bonds is 3. The molecule has 0 spiro atoms. The molecular weight excluding hydrogens is 328 g/mol. The van der Waals surface area contributed by atoms with Crippen LogP contribution in [0.25, 0.3) is 10.9 Å². The van der Waals surface area contributed by atoms with Crippen LogP contribution in [0.3, 0.4) is 0 Å². The van der Waals surface area contributed by atoms with Gasteiger partial charge in [-0.3, -0.25) is 9.59 Å². The molecule has 0 saturated heterocycles. The third-order valence-electron chi connectivity index (χ3n) is 5.05. The first kappa shape index (κ1) is 14.9. The van der Waals surface area contributed by atoms with Gasteiger partial charge in [0.1, 0.15) is 0 Å². The Labute approximate surface area is 149 Å². The largest absolute Gasteiger partial charge is 0.360 e. The lowest BCUT2D eigenvalue weighted by Crippen LogP contribution is -2.18. The molecule has 1 fully saturated rings. The van der Waals surface area contributed by atoms with Gasteiger partial charge in [0.25, 0.3) is 5.91 Å². The number of aromatic amines is 1. The van der Waals surface area contributed by atoms with Crippen LogP contribution in [0.5, 0.6) is 0 Å². The Morgan fingerprint density at radius 2 is 2.04 bits per heavy atom. The zero-order valence-corrected chi connectivity index (χ0v) is 13.8. The van der Waals surface area contributed by atoms with Crippen LogP contribution in [-0.2, 0) is 4.79 Å². The molecule has 0 bridgehead atoms. The molecule has 5 rings (SSSR count). The first-order chi connectivity index (χ1) is 12.7. The van der Waals surface area contributed by atoms with Gasteiger partial charge in [0.15, 0.2) is 0 Å². The highest BCUT2D eigenvalue weighted by Crippen LogP contribution is 2.48. The fourth-order valence-electron chi connectivity index (χ4n) is 3.66. The van der Waals surface area contributed by atoms with E-state index in [-0.39, 0.29) is 23.7 Å². The van der Waals surface area contributed by atoms with Crippen molar-refractivity contribution in [2.75, 3.05) is 5.32 Å². The second kappa shape index (κ2) is 5.56. The topological polar surface area (TPSA) is 86.3 Å². The molecule has 6 heteroatoms. The number of nitrogens with zero attached hydrogens (tertiary/aromatic N) is 1. The van der Waals surface area contributed by atoms with Crippen molar-refractivity contribution in [3.63, 3.8) is 0 Å². The number of H-pyrrole nitrogens is 1. The molecule has 2 unspecified atom stereocenters. The highest BCUT2D eigenvalue weighted by atomic mass is 16.2. The van der Waals surface area contributed by atoms with E-state index in [0.717, 1.165) is 22.9 Å². The smallest absolute Gasteiger partial charge is 0.272 e. The molecular formula is C20H16N4O2. The Bertz CT molecular complexity index is 1070. The van der Waals surface area contributed by atoms with E-state index in [1.54, 1.807) is 18.5 Å². The molecule has 1 aromatic heterocycles. The SMILES string of the molecule is O=C1NN=Cc2c[nH]c3cc(NC(=O)C4CC4c4ccccc4)cc1c23. The number of anilines is 1. The summed E-state index contributed by atoms with van der Waals surface area (Å²) in [5.74, 6) is -0.0457. The molecule has 2 aromatic carbocycles. The normalized spacial score (nSPS) is 20.5. The molecule has 2 heterocycles. The third-order valence-corrected chi connectivity index (χ3v) is 5.05. The molecule has 2 aliphatic rings. The molecule has 26 heavy (non-hydrogen) atoms. The summed E-state index contributed by atoms with van der Waals surface area (Å²) in [4.78, 5) is 28.0. The molecule has 2 atom stereocenters. The monoisotopic (exact) mass is 344 g/mol. The lowest BCUT2D eigenvalue weighted by molar-refractivity contribution is -0.117. The van der Waals surface area contributed by atoms with E-state index in [2.05, 4.69) is 33.0 Å². The number of carbonyl (C=O) groups is 2. The van der Waals surface area contributed by atoms with Crippen LogP contribution in [0, 0.1) is 5.92 Å². The molecule has 128 valence electrons. The number of nitrogens with one attached hydrogen (secondary N) is 3. The number of hydrogen-bond donors (Lipinski definition) is 3. The van der Waals surface area contributed by atoms with Crippen LogP contribution < -0.4 is 10.7 Å². The van der Waals surface area contributed by atoms with E-state index in [1.165, 1.54) is 5.56 Å². The molecule has 6 nitrogen and oxygen atoms in total. The van der Waals surface area contributed by atoms with Crippen molar-refractivity contribution in [1.29, 1.82) is 0 Å². The zero-order chi connectivity index (χ0) is 17.7. The Balaban J connectivity index is 1.42. The minimum atomic E-state index is -0.283. The summed E-state index contributed by atoms with van der Waals surface area (Å²) in [6.45, 7) is 0. The van der Waals surface area contributed by atoms with Crippen LogP contribution in [0.1, 0.15) is 33.8 Å². The number of hydrogen-bond acceptors (Lipinski definition) is 3. The van der Waals surface area contributed by atoms with Crippen LogP contribution in [0.15, 0.2) is 53.8 Å². The Hall–Kier alpha value is -3.41. The molecule has 1 saturated carbocycles. The summed E-state index contributed by atoms with van der Waals surface area (Å²) in [6.07, 6.45) is 4.27. The fraction of sp³-hybridized carbons (Fsp3) is 0.150. The highest BCUT2D eigenvalue weighted by Gasteiger charge is 2.43. The number of aromatic nitrogens is 1. The van der Waals surface area contributed by atoms with Gasteiger partial charge in [-0.25, -0.2) is 5.43 Å². The molecule has 3 N–H and O–H groups in total. The van der Waals surface area contributed by atoms with Crippen molar-refractivity contribution in [2.24, 2.45) is 11.0 Å². The maximum atomic E-state index is 12.6. The molecule has 1 aliphatic carbocycles. The van der Waals surface area contributed by atoms with Gasteiger partial charge < -0.3 is 10.3 Å². The van der Waals surface area contributed by atoms with Crippen molar-refractivity contribution >= 4 is 34.6 Å². The van der Waals surface area contributed by atoms with Gasteiger partial charge in [0, 0.05) is 34.3 Å². The number of amides is 2. The van der Waals surface area contributed by atoms with Crippen LogP contribution in [0.2, 0.25) is 0 Å². The Kier molecular flexibility index (Phi) is 3.18. The number of hydrazone groups is 1. The summed E-state index contributed by atoms with van der Waals surface area (Å²) in [5.41, 5.74) is 6.44. The van der Waals surface area contributed by atoms with Gasteiger partial charge in [-0.05, 0) is 30.0 Å². The highest BCUT2D eigenvalue weighted by molar-refractivity contribution is 6.15. The van der Waals surface area contributed by atoms with Gasteiger partial charge in [-0.1, -0.05) is 30.3 Å². The first-order valence-corrected chi connectivity index (χ1v) is 8.55. The maximum absolute atomic E-state index is 12.6. The van der Waals surface area contributed by atoms with E-state index in [9.17, 15) is 9.59 Å².